The quantitative estimate of drug-likeness (QED) is 0.599. The van der Waals surface area contributed by atoms with Gasteiger partial charge in [0, 0.05) is 37.2 Å². The second kappa shape index (κ2) is 9.32. The zero-order valence-electron chi connectivity index (χ0n) is 16.1. The molecule has 1 aromatic heterocycles. The molecular formula is C21H24N4O2S. The van der Waals surface area contributed by atoms with E-state index in [1.54, 1.807) is 23.5 Å². The van der Waals surface area contributed by atoms with Crippen LogP contribution in [0.4, 0.5) is 5.69 Å². The number of rotatable bonds is 7. The van der Waals surface area contributed by atoms with Gasteiger partial charge in [0.1, 0.15) is 0 Å². The van der Waals surface area contributed by atoms with Gasteiger partial charge >= 0.3 is 0 Å². The molecule has 3 rings (SSSR count). The van der Waals surface area contributed by atoms with Crippen LogP contribution in [0.2, 0.25) is 0 Å². The Labute approximate surface area is 168 Å². The number of aryl methyl sites for hydroxylation is 1. The van der Waals surface area contributed by atoms with Gasteiger partial charge in [0.05, 0.1) is 15.2 Å². The number of anilines is 1. The number of benzene rings is 2. The summed E-state index contributed by atoms with van der Waals surface area (Å²) in [6.07, 6.45) is 0.806. The van der Waals surface area contributed by atoms with Crippen LogP contribution in [0.25, 0.3) is 10.2 Å². The van der Waals surface area contributed by atoms with Crippen molar-refractivity contribution in [2.45, 2.75) is 26.7 Å². The number of nitrogens with zero attached hydrogens (tertiary/aromatic N) is 2. The summed E-state index contributed by atoms with van der Waals surface area (Å²) in [6.45, 7) is 6.00. The molecule has 2 aromatic carbocycles. The van der Waals surface area contributed by atoms with E-state index in [-0.39, 0.29) is 18.2 Å². The topological polar surface area (TPSA) is 74.3 Å². The van der Waals surface area contributed by atoms with Crippen molar-refractivity contribution in [3.8, 4) is 0 Å². The van der Waals surface area contributed by atoms with Crippen LogP contribution in [0.3, 0.4) is 0 Å². The minimum atomic E-state index is -0.334. The molecule has 0 bridgehead atoms. The van der Waals surface area contributed by atoms with Crippen LogP contribution in [0.15, 0.2) is 48.5 Å². The first-order valence-electron chi connectivity index (χ1n) is 9.39. The van der Waals surface area contributed by atoms with Crippen molar-refractivity contribution in [3.63, 3.8) is 0 Å². The molecule has 1 heterocycles. The van der Waals surface area contributed by atoms with Gasteiger partial charge in [-0.3, -0.25) is 20.4 Å². The van der Waals surface area contributed by atoms with Crippen molar-refractivity contribution < 1.29 is 9.59 Å². The SMILES string of the molecule is CCN(CC)c1ccc(C(=O)NNC(=O)CCc2nc3ccccc3s2)cc1. The van der Waals surface area contributed by atoms with Gasteiger partial charge < -0.3 is 4.90 Å². The average molecular weight is 397 g/mol. The zero-order valence-corrected chi connectivity index (χ0v) is 16.9. The van der Waals surface area contributed by atoms with E-state index in [1.165, 1.54) is 0 Å². The van der Waals surface area contributed by atoms with Crippen molar-refractivity contribution in [2.75, 3.05) is 18.0 Å². The Kier molecular flexibility index (Phi) is 6.60. The first-order chi connectivity index (χ1) is 13.6. The molecule has 3 aromatic rings. The Balaban J connectivity index is 1.47. The predicted octanol–water partition coefficient (Wildman–Crippen LogP) is 3.54. The van der Waals surface area contributed by atoms with E-state index in [2.05, 4.69) is 34.6 Å². The van der Waals surface area contributed by atoms with Gasteiger partial charge in [0.15, 0.2) is 0 Å². The van der Waals surface area contributed by atoms with E-state index in [0.717, 1.165) is 34.0 Å². The molecule has 0 fully saturated rings. The van der Waals surface area contributed by atoms with Crippen LogP contribution in [0, 0.1) is 0 Å². The fourth-order valence-electron chi connectivity index (χ4n) is 2.92. The van der Waals surface area contributed by atoms with Crippen molar-refractivity contribution >= 4 is 39.1 Å². The molecule has 0 unspecified atom stereocenters. The average Bonchev–Trinajstić information content (AvgIpc) is 3.15. The molecule has 2 N–H and O–H groups in total. The molecule has 146 valence electrons. The smallest absolute Gasteiger partial charge is 0.269 e. The van der Waals surface area contributed by atoms with Crippen LogP contribution < -0.4 is 15.8 Å². The monoisotopic (exact) mass is 396 g/mol. The minimum Gasteiger partial charge on any atom is -0.372 e. The van der Waals surface area contributed by atoms with Gasteiger partial charge in [-0.05, 0) is 50.2 Å². The number of hydrogen-bond acceptors (Lipinski definition) is 5. The van der Waals surface area contributed by atoms with Crippen molar-refractivity contribution in [3.05, 3.63) is 59.1 Å². The second-order valence-electron chi connectivity index (χ2n) is 6.30. The maximum absolute atomic E-state index is 12.2. The Morgan fingerprint density at radius 1 is 1.00 bits per heavy atom. The van der Waals surface area contributed by atoms with Crippen molar-refractivity contribution in [1.82, 2.24) is 15.8 Å². The van der Waals surface area contributed by atoms with E-state index in [9.17, 15) is 9.59 Å². The fourth-order valence-corrected chi connectivity index (χ4v) is 3.89. The second-order valence-corrected chi connectivity index (χ2v) is 7.41. The van der Waals surface area contributed by atoms with E-state index in [4.69, 9.17) is 0 Å². The lowest BCUT2D eigenvalue weighted by Gasteiger charge is -2.21. The van der Waals surface area contributed by atoms with E-state index < -0.39 is 0 Å². The Morgan fingerprint density at radius 3 is 2.39 bits per heavy atom. The largest absolute Gasteiger partial charge is 0.372 e. The number of carbonyl (C=O) groups excluding carboxylic acids is 2. The summed E-state index contributed by atoms with van der Waals surface area (Å²) < 4.78 is 1.11. The Morgan fingerprint density at radius 2 is 1.71 bits per heavy atom. The van der Waals surface area contributed by atoms with Crippen LogP contribution >= 0.6 is 11.3 Å². The number of hydrogen-bond donors (Lipinski definition) is 2. The lowest BCUT2D eigenvalue weighted by Crippen LogP contribution is -2.41. The van der Waals surface area contributed by atoms with Gasteiger partial charge in [-0.15, -0.1) is 11.3 Å². The van der Waals surface area contributed by atoms with E-state index in [0.29, 0.717) is 12.0 Å². The normalized spacial score (nSPS) is 10.6. The summed E-state index contributed by atoms with van der Waals surface area (Å²) in [7, 11) is 0. The van der Waals surface area contributed by atoms with Gasteiger partial charge in [0.2, 0.25) is 5.91 Å². The third-order valence-electron chi connectivity index (χ3n) is 4.48. The molecule has 0 aliphatic heterocycles. The molecule has 0 atom stereocenters. The van der Waals surface area contributed by atoms with E-state index >= 15 is 0 Å². The number of thiazole rings is 1. The fraction of sp³-hybridized carbons (Fsp3) is 0.286. The highest BCUT2D eigenvalue weighted by Crippen LogP contribution is 2.22. The summed E-state index contributed by atoms with van der Waals surface area (Å²) >= 11 is 1.59. The molecular weight excluding hydrogens is 372 g/mol. The number of amides is 2. The first-order valence-corrected chi connectivity index (χ1v) is 10.2. The molecule has 0 saturated carbocycles. The van der Waals surface area contributed by atoms with Crippen LogP contribution in [0.5, 0.6) is 0 Å². The highest BCUT2D eigenvalue weighted by Gasteiger charge is 2.10. The van der Waals surface area contributed by atoms with E-state index in [1.807, 2.05) is 36.4 Å². The molecule has 7 heteroatoms. The molecule has 0 saturated heterocycles. The minimum absolute atomic E-state index is 0.243. The number of fused-ring (bicyclic) bond motifs is 1. The summed E-state index contributed by atoms with van der Waals surface area (Å²) in [6, 6.07) is 15.2. The predicted molar refractivity (Wildman–Crippen MR) is 114 cm³/mol. The highest BCUT2D eigenvalue weighted by atomic mass is 32.1. The number of nitrogens with one attached hydrogen (secondary N) is 2. The summed E-state index contributed by atoms with van der Waals surface area (Å²) in [5, 5.41) is 0.912. The number of hydrazine groups is 1. The van der Waals surface area contributed by atoms with Crippen molar-refractivity contribution in [1.29, 1.82) is 0 Å². The van der Waals surface area contributed by atoms with Gasteiger partial charge in [0.25, 0.3) is 5.91 Å². The van der Waals surface area contributed by atoms with Gasteiger partial charge in [-0.2, -0.15) is 0 Å². The zero-order chi connectivity index (χ0) is 19.9. The Bertz CT molecular complexity index is 915. The maximum atomic E-state index is 12.2. The summed E-state index contributed by atoms with van der Waals surface area (Å²) in [5.41, 5.74) is 7.46. The molecule has 0 radical (unpaired) electrons. The van der Waals surface area contributed by atoms with Crippen molar-refractivity contribution in [2.24, 2.45) is 0 Å². The maximum Gasteiger partial charge on any atom is 0.269 e. The van der Waals surface area contributed by atoms with Crippen LogP contribution in [0.1, 0.15) is 35.6 Å². The lowest BCUT2D eigenvalue weighted by molar-refractivity contribution is -0.121. The van der Waals surface area contributed by atoms with Crippen LogP contribution in [-0.4, -0.2) is 29.9 Å². The summed E-state index contributed by atoms with van der Waals surface area (Å²) in [5.74, 6) is -0.577. The number of para-hydroxylation sites is 1. The lowest BCUT2D eigenvalue weighted by atomic mass is 10.2. The Hall–Kier alpha value is -2.93. The molecule has 2 amide bonds. The van der Waals surface area contributed by atoms with Crippen LogP contribution in [-0.2, 0) is 11.2 Å². The molecule has 0 spiro atoms. The summed E-state index contributed by atoms with van der Waals surface area (Å²) in [4.78, 5) is 31.0. The van der Waals surface area contributed by atoms with Gasteiger partial charge in [-0.1, -0.05) is 12.1 Å². The molecule has 6 nitrogen and oxygen atoms in total. The highest BCUT2D eigenvalue weighted by molar-refractivity contribution is 7.18. The van der Waals surface area contributed by atoms with Gasteiger partial charge in [-0.25, -0.2) is 4.98 Å². The molecule has 0 aliphatic rings. The molecule has 28 heavy (non-hydrogen) atoms. The third kappa shape index (κ3) is 4.86. The first kappa shape index (κ1) is 19.8. The number of carbonyl (C=O) groups is 2. The third-order valence-corrected chi connectivity index (χ3v) is 5.57. The molecule has 0 aliphatic carbocycles. The standard InChI is InChI=1S/C21H24N4O2S/c1-3-25(4-2)16-11-9-15(10-12-16)21(27)24-23-19(26)13-14-20-22-17-7-5-6-8-18(17)28-20/h5-12H,3-4,13-14H2,1-2H3,(H,23,26)(H,24,27). The number of aromatic nitrogens is 1.